The highest BCUT2D eigenvalue weighted by Crippen LogP contribution is 2.37. The lowest BCUT2D eigenvalue weighted by Crippen LogP contribution is -2.32. The van der Waals surface area contributed by atoms with E-state index in [4.69, 9.17) is 5.11 Å². The average Bonchev–Trinajstić information content (AvgIpc) is 2.13. The van der Waals surface area contributed by atoms with Crippen LogP contribution in [0.15, 0.2) is 0 Å². The van der Waals surface area contributed by atoms with Crippen LogP contribution in [0.25, 0.3) is 0 Å². The minimum absolute atomic E-state index is 0.185. The van der Waals surface area contributed by atoms with Crippen LogP contribution < -0.4 is 0 Å². The lowest BCUT2D eigenvalue weighted by molar-refractivity contribution is -0.140. The summed E-state index contributed by atoms with van der Waals surface area (Å²) < 4.78 is 49.7. The minimum atomic E-state index is -3.59. The molecule has 1 N–H and O–H groups in total. The average molecular weight is 284 g/mol. The van der Waals surface area contributed by atoms with E-state index in [1.807, 2.05) is 0 Å². The fourth-order valence-electron chi connectivity index (χ4n) is 2.30. The van der Waals surface area contributed by atoms with Gasteiger partial charge in [0.1, 0.15) is 0 Å². The molecule has 0 aromatic heterocycles. The number of alkyl halides is 2. The molecular weight excluding hydrogens is 266 g/mol. The molecule has 7 heteroatoms. The Morgan fingerprint density at radius 3 is 2.61 bits per heavy atom. The van der Waals surface area contributed by atoms with Crippen LogP contribution >= 0.6 is 0 Å². The first-order chi connectivity index (χ1) is 8.11. The predicted molar refractivity (Wildman–Crippen MR) is 62.4 cm³/mol. The largest absolute Gasteiger partial charge is 0.481 e. The Kier molecular flexibility index (Phi) is 4.69. The fourth-order valence-corrected chi connectivity index (χ4v) is 4.34. The zero-order valence-electron chi connectivity index (χ0n) is 10.2. The zero-order valence-corrected chi connectivity index (χ0v) is 11.0. The van der Waals surface area contributed by atoms with E-state index in [2.05, 4.69) is 0 Å². The van der Waals surface area contributed by atoms with Gasteiger partial charge in [-0.2, -0.15) is 0 Å². The van der Waals surface area contributed by atoms with E-state index in [0.29, 0.717) is 12.8 Å². The minimum Gasteiger partial charge on any atom is -0.481 e. The predicted octanol–water partition coefficient (Wildman–Crippen LogP) is 1.95. The lowest BCUT2D eigenvalue weighted by Gasteiger charge is -2.28. The third-order valence-electron chi connectivity index (χ3n) is 3.16. The van der Waals surface area contributed by atoms with Gasteiger partial charge in [0, 0.05) is 12.8 Å². The number of hydrogen-bond acceptors (Lipinski definition) is 3. The number of halogens is 2. The molecule has 0 aromatic carbocycles. The zero-order chi connectivity index (χ0) is 14.0. The van der Waals surface area contributed by atoms with E-state index in [1.165, 1.54) is 6.92 Å². The van der Waals surface area contributed by atoms with E-state index in [1.54, 1.807) is 0 Å². The molecule has 1 aliphatic rings. The van der Waals surface area contributed by atoms with Crippen LogP contribution in [0.1, 0.15) is 32.6 Å². The number of aliphatic carboxylic acids is 1. The van der Waals surface area contributed by atoms with Crippen LogP contribution in [0.5, 0.6) is 0 Å². The maximum absolute atomic E-state index is 13.1. The van der Waals surface area contributed by atoms with Crippen molar-refractivity contribution in [2.45, 2.75) is 38.5 Å². The number of carbonyl (C=O) groups is 1. The van der Waals surface area contributed by atoms with Crippen LogP contribution in [0, 0.1) is 11.8 Å². The molecule has 1 rings (SSSR count). The van der Waals surface area contributed by atoms with Gasteiger partial charge < -0.3 is 5.11 Å². The second-order valence-electron chi connectivity index (χ2n) is 5.13. The van der Waals surface area contributed by atoms with E-state index in [0.717, 1.165) is 0 Å². The second-order valence-corrected chi connectivity index (χ2v) is 7.29. The highest BCUT2D eigenvalue weighted by Gasteiger charge is 2.38. The number of hydrogen-bond donors (Lipinski definition) is 1. The fraction of sp³-hybridized carbons (Fsp3) is 0.909. The molecule has 1 saturated carbocycles. The van der Waals surface area contributed by atoms with Gasteiger partial charge >= 0.3 is 5.97 Å². The van der Waals surface area contributed by atoms with Crippen molar-refractivity contribution in [3.8, 4) is 0 Å². The van der Waals surface area contributed by atoms with E-state index in [9.17, 15) is 22.0 Å². The molecule has 0 aromatic rings. The van der Waals surface area contributed by atoms with Crippen molar-refractivity contribution in [3.63, 3.8) is 0 Å². The molecule has 106 valence electrons. The lowest BCUT2D eigenvalue weighted by atomic mass is 9.88. The number of sulfone groups is 1. The van der Waals surface area contributed by atoms with Crippen molar-refractivity contribution in [3.05, 3.63) is 0 Å². The summed E-state index contributed by atoms with van der Waals surface area (Å²) in [6, 6.07) is 0. The smallest absolute Gasteiger partial charge is 0.307 e. The maximum atomic E-state index is 13.1. The molecule has 0 aliphatic heterocycles. The summed E-state index contributed by atoms with van der Waals surface area (Å²) in [5.41, 5.74) is 0. The summed E-state index contributed by atoms with van der Waals surface area (Å²) in [6.45, 7) is 1.30. The Morgan fingerprint density at radius 1 is 1.50 bits per heavy atom. The van der Waals surface area contributed by atoms with Gasteiger partial charge in [0.05, 0.1) is 17.4 Å². The molecular formula is C11H18F2O4S. The molecule has 1 fully saturated rings. The number of carboxylic acid groups (broad SMARTS) is 1. The summed E-state index contributed by atoms with van der Waals surface area (Å²) >= 11 is 0. The van der Waals surface area contributed by atoms with Crippen LogP contribution in [0.3, 0.4) is 0 Å². The Hall–Kier alpha value is -0.720. The molecule has 1 aliphatic carbocycles. The van der Waals surface area contributed by atoms with Crippen LogP contribution in [-0.2, 0) is 14.6 Å². The summed E-state index contributed by atoms with van der Waals surface area (Å²) in [4.78, 5) is 10.6. The summed E-state index contributed by atoms with van der Waals surface area (Å²) in [7, 11) is -3.59. The van der Waals surface area contributed by atoms with Crippen molar-refractivity contribution in [1.29, 1.82) is 0 Å². The molecule has 0 heterocycles. The van der Waals surface area contributed by atoms with E-state index < -0.39 is 45.7 Å². The summed E-state index contributed by atoms with van der Waals surface area (Å²) in [5, 5.41) is 8.65. The molecule has 2 atom stereocenters. The number of rotatable bonds is 5. The quantitative estimate of drug-likeness (QED) is 0.837. The topological polar surface area (TPSA) is 71.4 Å². The molecule has 0 radical (unpaired) electrons. The van der Waals surface area contributed by atoms with Gasteiger partial charge in [-0.25, -0.2) is 17.2 Å². The Morgan fingerprint density at radius 2 is 2.11 bits per heavy atom. The normalized spacial score (nSPS) is 25.6. The highest BCUT2D eigenvalue weighted by molar-refractivity contribution is 7.91. The first kappa shape index (κ1) is 15.3. The Bertz CT molecular complexity index is 405. The van der Waals surface area contributed by atoms with E-state index in [-0.39, 0.29) is 12.2 Å². The highest BCUT2D eigenvalue weighted by atomic mass is 32.2. The molecule has 18 heavy (non-hydrogen) atoms. The van der Waals surface area contributed by atoms with Gasteiger partial charge in [-0.3, -0.25) is 4.79 Å². The van der Waals surface area contributed by atoms with Gasteiger partial charge in [-0.15, -0.1) is 0 Å². The first-order valence-electron chi connectivity index (χ1n) is 5.92. The summed E-state index contributed by atoms with van der Waals surface area (Å²) in [6.07, 6.45) is 0.195. The third kappa shape index (κ3) is 4.88. The van der Waals surface area contributed by atoms with Crippen LogP contribution in [-0.4, -0.2) is 36.9 Å². The van der Waals surface area contributed by atoms with E-state index >= 15 is 0 Å². The van der Waals surface area contributed by atoms with Gasteiger partial charge in [0.2, 0.25) is 5.92 Å². The van der Waals surface area contributed by atoms with Crippen LogP contribution in [0.2, 0.25) is 0 Å². The second kappa shape index (κ2) is 5.50. The molecule has 4 nitrogen and oxygen atoms in total. The van der Waals surface area contributed by atoms with Gasteiger partial charge in [-0.1, -0.05) is 6.92 Å². The van der Waals surface area contributed by atoms with Crippen molar-refractivity contribution in [1.82, 2.24) is 0 Å². The molecule has 0 amide bonds. The van der Waals surface area contributed by atoms with Crippen molar-refractivity contribution in [2.24, 2.45) is 11.8 Å². The van der Waals surface area contributed by atoms with Gasteiger partial charge in [-0.05, 0) is 18.8 Å². The van der Waals surface area contributed by atoms with Crippen molar-refractivity contribution in [2.75, 3.05) is 11.5 Å². The maximum Gasteiger partial charge on any atom is 0.307 e. The molecule has 0 saturated heterocycles. The van der Waals surface area contributed by atoms with Crippen molar-refractivity contribution < 1.29 is 27.1 Å². The third-order valence-corrected chi connectivity index (χ3v) is 5.14. The SMILES string of the molecule is CC(CS(=O)(=O)CC1CCCC(F)(F)C1)C(=O)O. The van der Waals surface area contributed by atoms with Crippen LogP contribution in [0.4, 0.5) is 8.78 Å². The monoisotopic (exact) mass is 284 g/mol. The standard InChI is InChI=1S/C11H18F2O4S/c1-8(10(14)15)6-18(16,17)7-9-3-2-4-11(12,13)5-9/h8-9H,2-7H2,1H3,(H,14,15). The Balaban J connectivity index is 2.58. The number of carboxylic acids is 1. The Labute approximate surface area is 105 Å². The first-order valence-corrected chi connectivity index (χ1v) is 7.74. The van der Waals surface area contributed by atoms with Gasteiger partial charge in [0.25, 0.3) is 0 Å². The van der Waals surface area contributed by atoms with Gasteiger partial charge in [0.15, 0.2) is 9.84 Å². The molecule has 0 spiro atoms. The van der Waals surface area contributed by atoms with Crippen molar-refractivity contribution >= 4 is 15.8 Å². The summed E-state index contributed by atoms with van der Waals surface area (Å²) in [5.74, 6) is -6.34. The molecule has 2 unspecified atom stereocenters. The molecule has 0 bridgehead atoms.